The van der Waals surface area contributed by atoms with Crippen LogP contribution in [0.4, 0.5) is 17.1 Å². The lowest BCUT2D eigenvalue weighted by Crippen LogP contribution is -2.32. The Morgan fingerprint density at radius 3 is 1.64 bits per heavy atom. The molecule has 14 rings (SSSR count). The zero-order valence-electron chi connectivity index (χ0n) is 37.1. The van der Waals surface area contributed by atoms with Crippen LogP contribution in [0.25, 0.3) is 64.7 Å². The molecule has 0 bridgehead atoms. The van der Waals surface area contributed by atoms with Gasteiger partial charge in [-0.1, -0.05) is 178 Å². The Morgan fingerprint density at radius 1 is 0.358 bits per heavy atom. The molecule has 11 aromatic rings. The molecule has 1 aromatic heterocycles. The normalized spacial score (nSPS) is 14.2. The number of hydrogen-bond acceptors (Lipinski definition) is 3. The minimum absolute atomic E-state index is 0.180. The van der Waals surface area contributed by atoms with Gasteiger partial charge in [0.05, 0.1) is 5.41 Å². The molecule has 0 saturated carbocycles. The molecule has 0 radical (unpaired) electrons. The van der Waals surface area contributed by atoms with Crippen LogP contribution in [-0.4, -0.2) is 0 Å². The van der Waals surface area contributed by atoms with E-state index in [0.717, 1.165) is 39.7 Å². The number of benzene rings is 10. The fourth-order valence-electron chi connectivity index (χ4n) is 12.0. The summed E-state index contributed by atoms with van der Waals surface area (Å²) in [6, 6.07) is 83.2. The minimum Gasteiger partial charge on any atom is -0.457 e. The standard InChI is InChI=1S/C64H43NOS/c1-63(2)52-24-10-6-19-45(52)48-35-32-42(38-56(48)63)65(41-31-34-44(40-17-4-3-5-18-40)51(37-41)49-23-16-30-61-62(49)50-22-9-15-29-60(50)67-61)43-33-36-59-57(39-43)64(55-27-13-14-28-58(55)66-59)53-25-11-7-20-46(53)47-21-8-12-26-54(47)64/h3-39H,1-2H3. The van der Waals surface area contributed by atoms with Gasteiger partial charge in [0.25, 0.3) is 0 Å². The molecule has 0 saturated heterocycles. The van der Waals surface area contributed by atoms with Gasteiger partial charge in [0, 0.05) is 53.8 Å². The van der Waals surface area contributed by atoms with Crippen LogP contribution in [-0.2, 0) is 10.8 Å². The topological polar surface area (TPSA) is 12.5 Å². The molecule has 3 aliphatic rings. The van der Waals surface area contributed by atoms with Gasteiger partial charge < -0.3 is 9.64 Å². The second-order valence-corrected chi connectivity index (χ2v) is 19.8. The second-order valence-electron chi connectivity index (χ2n) is 18.7. The highest BCUT2D eigenvalue weighted by molar-refractivity contribution is 7.25. The molecule has 0 amide bonds. The number of nitrogens with zero attached hydrogens (tertiary/aromatic N) is 1. The lowest BCUT2D eigenvalue weighted by molar-refractivity contribution is 0.436. The first-order chi connectivity index (χ1) is 33.0. The van der Waals surface area contributed by atoms with Gasteiger partial charge >= 0.3 is 0 Å². The Bertz CT molecular complexity index is 3790. The van der Waals surface area contributed by atoms with Gasteiger partial charge in [-0.15, -0.1) is 11.3 Å². The lowest BCUT2D eigenvalue weighted by atomic mass is 9.66. The Labute approximate surface area is 394 Å². The third kappa shape index (κ3) is 5.38. The van der Waals surface area contributed by atoms with Crippen LogP contribution in [0.5, 0.6) is 11.5 Å². The maximum Gasteiger partial charge on any atom is 0.132 e. The monoisotopic (exact) mass is 873 g/mol. The van der Waals surface area contributed by atoms with Crippen molar-refractivity contribution in [3.63, 3.8) is 0 Å². The van der Waals surface area contributed by atoms with E-state index in [1.54, 1.807) is 0 Å². The van der Waals surface area contributed by atoms with E-state index in [-0.39, 0.29) is 5.41 Å². The van der Waals surface area contributed by atoms with Gasteiger partial charge in [0.1, 0.15) is 11.5 Å². The molecule has 0 N–H and O–H groups in total. The Morgan fingerprint density at radius 2 is 0.881 bits per heavy atom. The molecule has 2 heterocycles. The average Bonchev–Trinajstić information content (AvgIpc) is 3.98. The van der Waals surface area contributed by atoms with Crippen LogP contribution < -0.4 is 9.64 Å². The maximum atomic E-state index is 6.96. The van der Waals surface area contributed by atoms with E-state index in [4.69, 9.17) is 4.74 Å². The van der Waals surface area contributed by atoms with Crippen LogP contribution >= 0.6 is 11.3 Å². The van der Waals surface area contributed by atoms with Crippen LogP contribution in [0, 0.1) is 0 Å². The molecule has 10 aromatic carbocycles. The van der Waals surface area contributed by atoms with Gasteiger partial charge in [-0.25, -0.2) is 0 Å². The zero-order chi connectivity index (χ0) is 44.4. The van der Waals surface area contributed by atoms with Crippen molar-refractivity contribution in [1.82, 2.24) is 0 Å². The predicted octanol–water partition coefficient (Wildman–Crippen LogP) is 17.6. The van der Waals surface area contributed by atoms with Crippen LogP contribution in [0.2, 0.25) is 0 Å². The van der Waals surface area contributed by atoms with Crippen molar-refractivity contribution in [2.75, 3.05) is 4.90 Å². The van der Waals surface area contributed by atoms with E-state index in [1.165, 1.54) is 86.9 Å². The van der Waals surface area contributed by atoms with Crippen molar-refractivity contribution < 1.29 is 4.74 Å². The molecule has 67 heavy (non-hydrogen) atoms. The summed E-state index contributed by atoms with van der Waals surface area (Å²) in [5.74, 6) is 1.76. The van der Waals surface area contributed by atoms with E-state index in [2.05, 4.69) is 243 Å². The van der Waals surface area contributed by atoms with Crippen LogP contribution in [0.3, 0.4) is 0 Å². The van der Waals surface area contributed by atoms with Gasteiger partial charge in [-0.05, 0) is 127 Å². The highest BCUT2D eigenvalue weighted by atomic mass is 32.1. The molecule has 316 valence electrons. The number of ether oxygens (including phenoxy) is 1. The molecule has 0 fully saturated rings. The molecule has 2 aliphatic carbocycles. The van der Waals surface area contributed by atoms with Crippen molar-refractivity contribution in [3.05, 3.63) is 258 Å². The third-order valence-electron chi connectivity index (χ3n) is 15.0. The van der Waals surface area contributed by atoms with Gasteiger partial charge in [-0.2, -0.15) is 0 Å². The molecule has 1 spiro atoms. The lowest BCUT2D eigenvalue weighted by Gasteiger charge is -2.40. The minimum atomic E-state index is -0.599. The van der Waals surface area contributed by atoms with Crippen LogP contribution in [0.15, 0.2) is 224 Å². The number of hydrogen-bond donors (Lipinski definition) is 0. The molecule has 0 atom stereocenters. The maximum absolute atomic E-state index is 6.96. The Hall–Kier alpha value is -7.98. The number of anilines is 3. The molecule has 3 heteroatoms. The van der Waals surface area contributed by atoms with Crippen molar-refractivity contribution in [1.29, 1.82) is 0 Å². The van der Waals surface area contributed by atoms with Crippen molar-refractivity contribution >= 4 is 48.6 Å². The highest BCUT2D eigenvalue weighted by Gasteiger charge is 2.51. The second kappa shape index (κ2) is 14.3. The Kier molecular flexibility index (Phi) is 8.15. The summed E-state index contributed by atoms with van der Waals surface area (Å²) in [6.45, 7) is 4.74. The smallest absolute Gasteiger partial charge is 0.132 e. The average molecular weight is 874 g/mol. The molecular weight excluding hydrogens is 831 g/mol. The number of thiophene rings is 1. The summed E-state index contributed by atoms with van der Waals surface area (Å²) in [7, 11) is 0. The fraction of sp³-hybridized carbons (Fsp3) is 0.0625. The number of para-hydroxylation sites is 1. The van der Waals surface area contributed by atoms with E-state index in [9.17, 15) is 0 Å². The highest BCUT2D eigenvalue weighted by Crippen LogP contribution is 2.63. The molecule has 1 aliphatic heterocycles. The zero-order valence-corrected chi connectivity index (χ0v) is 37.9. The van der Waals surface area contributed by atoms with E-state index in [1.807, 2.05) is 11.3 Å². The summed E-state index contributed by atoms with van der Waals surface area (Å²) in [5.41, 5.74) is 20.0. The first-order valence-corrected chi connectivity index (χ1v) is 24.1. The predicted molar refractivity (Wildman–Crippen MR) is 280 cm³/mol. The number of fused-ring (bicyclic) bond motifs is 15. The molecule has 2 nitrogen and oxygen atoms in total. The first kappa shape index (κ1) is 38.3. The molecule has 0 unspecified atom stereocenters. The third-order valence-corrected chi connectivity index (χ3v) is 16.1. The summed E-state index contributed by atoms with van der Waals surface area (Å²) >= 11 is 1.87. The van der Waals surface area contributed by atoms with Gasteiger partial charge in [-0.3, -0.25) is 0 Å². The fourth-order valence-corrected chi connectivity index (χ4v) is 13.2. The van der Waals surface area contributed by atoms with Crippen molar-refractivity contribution in [3.8, 4) is 56.0 Å². The number of rotatable bonds is 5. The van der Waals surface area contributed by atoms with Gasteiger partial charge in [0.15, 0.2) is 0 Å². The van der Waals surface area contributed by atoms with Crippen molar-refractivity contribution in [2.45, 2.75) is 24.7 Å². The summed E-state index contributed by atoms with van der Waals surface area (Å²) < 4.78 is 9.54. The van der Waals surface area contributed by atoms with E-state index in [0.29, 0.717) is 0 Å². The summed E-state index contributed by atoms with van der Waals surface area (Å²) in [5, 5.41) is 2.59. The SMILES string of the molecule is CC1(C)c2ccccc2-c2ccc(N(c3ccc(-c4ccccc4)c(-c4cccc5sc6ccccc6c45)c3)c3ccc4c(c3)C3(c5ccccc5O4)c4ccccc4-c4ccccc43)cc21. The summed E-state index contributed by atoms with van der Waals surface area (Å²) in [4.78, 5) is 2.49. The first-order valence-electron chi connectivity index (χ1n) is 23.2. The Balaban J connectivity index is 1.05. The quantitative estimate of drug-likeness (QED) is 0.171. The van der Waals surface area contributed by atoms with E-state index < -0.39 is 5.41 Å². The van der Waals surface area contributed by atoms with Crippen molar-refractivity contribution in [2.24, 2.45) is 0 Å². The van der Waals surface area contributed by atoms with E-state index >= 15 is 0 Å². The molecular formula is C64H43NOS. The summed E-state index contributed by atoms with van der Waals surface area (Å²) in [6.07, 6.45) is 0. The van der Waals surface area contributed by atoms with Crippen LogP contribution in [0.1, 0.15) is 47.2 Å². The largest absolute Gasteiger partial charge is 0.457 e. The van der Waals surface area contributed by atoms with Gasteiger partial charge in [0.2, 0.25) is 0 Å².